The number of carbonyl (C=O) groups excluding carboxylic acids is 2. The summed E-state index contributed by atoms with van der Waals surface area (Å²) >= 11 is 5.51. The molecule has 144 valence electrons. The van der Waals surface area contributed by atoms with Gasteiger partial charge in [-0.2, -0.15) is 13.2 Å². The fourth-order valence-corrected chi connectivity index (χ4v) is 2.44. The molecule has 0 atom stereocenters. The highest BCUT2D eigenvalue weighted by atomic mass is 35.5. The summed E-state index contributed by atoms with van der Waals surface area (Å²) in [5.74, 6) is -0.958. The lowest BCUT2D eigenvalue weighted by molar-refractivity contribution is -0.146. The first-order chi connectivity index (χ1) is 12.7. The average molecular weight is 402 g/mol. The molecule has 0 heterocycles. The largest absolute Gasteiger partial charge is 0.496 e. The molecule has 0 saturated carbocycles. The second kappa shape index (κ2) is 8.77. The van der Waals surface area contributed by atoms with Crippen LogP contribution in [0.5, 0.6) is 5.75 Å². The van der Waals surface area contributed by atoms with Crippen molar-refractivity contribution in [1.29, 1.82) is 0 Å². The molecule has 0 aliphatic rings. The van der Waals surface area contributed by atoms with Crippen LogP contribution in [0.3, 0.4) is 0 Å². The van der Waals surface area contributed by atoms with Crippen molar-refractivity contribution in [3.05, 3.63) is 58.6 Å². The quantitative estimate of drug-likeness (QED) is 0.740. The summed E-state index contributed by atoms with van der Waals surface area (Å²) in [6.45, 7) is -0.641. The van der Waals surface area contributed by atoms with Gasteiger partial charge in [0.15, 0.2) is 6.61 Å². The summed E-state index contributed by atoms with van der Waals surface area (Å²) in [5, 5.41) is 1.74. The second-order valence-electron chi connectivity index (χ2n) is 5.39. The van der Waals surface area contributed by atoms with Crippen molar-refractivity contribution in [2.24, 2.45) is 0 Å². The number of esters is 1. The lowest BCUT2D eigenvalue weighted by atomic mass is 10.1. The lowest BCUT2D eigenvalue weighted by Crippen LogP contribution is -2.22. The summed E-state index contributed by atoms with van der Waals surface area (Å²) in [6, 6.07) is 9.75. The summed E-state index contributed by atoms with van der Waals surface area (Å²) in [6.07, 6.45) is -4.77. The number of methoxy groups -OCH3 is 1. The Morgan fingerprint density at radius 3 is 2.52 bits per heavy atom. The Morgan fingerprint density at radius 2 is 1.85 bits per heavy atom. The molecule has 5 nitrogen and oxygen atoms in total. The van der Waals surface area contributed by atoms with E-state index in [4.69, 9.17) is 21.1 Å². The highest BCUT2D eigenvalue weighted by Gasteiger charge is 2.33. The van der Waals surface area contributed by atoms with E-state index >= 15 is 0 Å². The maximum atomic E-state index is 12.8. The van der Waals surface area contributed by atoms with Crippen molar-refractivity contribution in [2.45, 2.75) is 12.6 Å². The molecule has 0 aliphatic carbocycles. The van der Waals surface area contributed by atoms with E-state index in [2.05, 4.69) is 5.32 Å². The second-order valence-corrected chi connectivity index (χ2v) is 5.80. The van der Waals surface area contributed by atoms with Gasteiger partial charge in [0, 0.05) is 11.3 Å². The minimum absolute atomic E-state index is 0.113. The van der Waals surface area contributed by atoms with Gasteiger partial charge in [0.05, 0.1) is 24.1 Å². The van der Waals surface area contributed by atoms with Gasteiger partial charge >= 0.3 is 12.1 Å². The number of benzene rings is 2. The Morgan fingerprint density at radius 1 is 1.15 bits per heavy atom. The molecule has 1 N–H and O–H groups in total. The lowest BCUT2D eigenvalue weighted by Gasteiger charge is -2.12. The molecule has 2 rings (SSSR count). The molecular formula is C18H15ClF3NO4. The SMILES string of the molecule is COc1ccccc1CC(=O)OCC(=O)Nc1ccc(Cl)c(C(F)(F)F)c1. The molecule has 1 amide bonds. The molecule has 2 aromatic rings. The summed E-state index contributed by atoms with van der Waals surface area (Å²) < 4.78 is 48.4. The van der Waals surface area contributed by atoms with Crippen molar-refractivity contribution in [2.75, 3.05) is 19.0 Å². The van der Waals surface area contributed by atoms with Gasteiger partial charge in [-0.3, -0.25) is 9.59 Å². The topological polar surface area (TPSA) is 64.6 Å². The van der Waals surface area contributed by atoms with Crippen molar-refractivity contribution in [3.63, 3.8) is 0 Å². The molecule has 0 bridgehead atoms. The van der Waals surface area contributed by atoms with Crippen LogP contribution in [0, 0.1) is 0 Å². The zero-order valence-electron chi connectivity index (χ0n) is 14.1. The van der Waals surface area contributed by atoms with Crippen LogP contribution in [0.4, 0.5) is 18.9 Å². The van der Waals surface area contributed by atoms with Gasteiger partial charge in [-0.15, -0.1) is 0 Å². The van der Waals surface area contributed by atoms with E-state index in [1.54, 1.807) is 24.3 Å². The number of hydrogen-bond acceptors (Lipinski definition) is 4. The van der Waals surface area contributed by atoms with E-state index in [1.807, 2.05) is 0 Å². The molecule has 0 spiro atoms. The van der Waals surface area contributed by atoms with Crippen molar-refractivity contribution >= 4 is 29.2 Å². The molecule has 0 aromatic heterocycles. The van der Waals surface area contributed by atoms with E-state index in [0.29, 0.717) is 17.4 Å². The standard InChI is InChI=1S/C18H15ClF3NO4/c1-26-15-5-3-2-4-11(15)8-17(25)27-10-16(24)23-12-6-7-14(19)13(9-12)18(20,21)22/h2-7,9H,8,10H2,1H3,(H,23,24). The minimum atomic E-state index is -4.65. The zero-order valence-corrected chi connectivity index (χ0v) is 14.9. The van der Waals surface area contributed by atoms with E-state index in [0.717, 1.165) is 6.07 Å². The number of nitrogens with one attached hydrogen (secondary N) is 1. The van der Waals surface area contributed by atoms with Gasteiger partial charge in [-0.05, 0) is 24.3 Å². The first-order valence-corrected chi connectivity index (χ1v) is 8.02. The Balaban J connectivity index is 1.92. The van der Waals surface area contributed by atoms with Gasteiger partial charge in [-0.1, -0.05) is 29.8 Å². The molecule has 0 saturated heterocycles. The molecule has 0 aliphatic heterocycles. The van der Waals surface area contributed by atoms with Crippen LogP contribution >= 0.6 is 11.6 Å². The fourth-order valence-electron chi connectivity index (χ4n) is 2.22. The van der Waals surface area contributed by atoms with Crippen LogP contribution in [-0.2, 0) is 26.9 Å². The Bertz CT molecular complexity index is 840. The number of halogens is 4. The molecule has 27 heavy (non-hydrogen) atoms. The van der Waals surface area contributed by atoms with Crippen molar-refractivity contribution in [3.8, 4) is 5.75 Å². The molecule has 0 fully saturated rings. The average Bonchev–Trinajstić information content (AvgIpc) is 2.61. The van der Waals surface area contributed by atoms with Crippen molar-refractivity contribution in [1.82, 2.24) is 0 Å². The van der Waals surface area contributed by atoms with Gasteiger partial charge in [0.25, 0.3) is 5.91 Å². The first kappa shape index (κ1) is 20.6. The number of rotatable bonds is 6. The Labute approximate surface area is 158 Å². The van der Waals surface area contributed by atoms with E-state index < -0.39 is 35.2 Å². The van der Waals surface area contributed by atoms with Gasteiger partial charge in [0.1, 0.15) is 5.75 Å². The smallest absolute Gasteiger partial charge is 0.417 e. The molecule has 0 radical (unpaired) electrons. The minimum Gasteiger partial charge on any atom is -0.496 e. The predicted molar refractivity (Wildman–Crippen MR) is 92.7 cm³/mol. The number of ether oxygens (including phenoxy) is 2. The van der Waals surface area contributed by atoms with Crippen LogP contribution in [-0.4, -0.2) is 25.6 Å². The number of alkyl halides is 3. The highest BCUT2D eigenvalue weighted by Crippen LogP contribution is 2.36. The van der Waals surface area contributed by atoms with Crippen molar-refractivity contribution < 1.29 is 32.2 Å². The summed E-state index contributed by atoms with van der Waals surface area (Å²) in [7, 11) is 1.46. The van der Waals surface area contributed by atoms with Gasteiger partial charge in [0.2, 0.25) is 0 Å². The zero-order chi connectivity index (χ0) is 20.0. The molecule has 0 unspecified atom stereocenters. The number of amides is 1. The third-order valence-electron chi connectivity index (χ3n) is 3.45. The predicted octanol–water partition coefficient (Wildman–Crippen LogP) is 4.09. The van der Waals surface area contributed by atoms with Gasteiger partial charge < -0.3 is 14.8 Å². The number of anilines is 1. The van der Waals surface area contributed by atoms with Gasteiger partial charge in [-0.25, -0.2) is 0 Å². The molecule has 2 aromatic carbocycles. The Kier molecular flexibility index (Phi) is 6.68. The highest BCUT2D eigenvalue weighted by molar-refractivity contribution is 6.31. The van der Waals surface area contributed by atoms with Crippen LogP contribution < -0.4 is 10.1 Å². The third kappa shape index (κ3) is 5.89. The van der Waals surface area contributed by atoms with E-state index in [1.165, 1.54) is 13.2 Å². The normalized spacial score (nSPS) is 11.0. The summed E-state index contributed by atoms with van der Waals surface area (Å²) in [4.78, 5) is 23.7. The van der Waals surface area contributed by atoms with Crippen LogP contribution in [0.15, 0.2) is 42.5 Å². The summed E-state index contributed by atoms with van der Waals surface area (Å²) in [5.41, 5.74) is -0.606. The fraction of sp³-hybridized carbons (Fsp3) is 0.222. The first-order valence-electron chi connectivity index (χ1n) is 7.65. The van der Waals surface area contributed by atoms with Crippen LogP contribution in [0.2, 0.25) is 5.02 Å². The number of para-hydroxylation sites is 1. The molecule has 9 heteroatoms. The maximum Gasteiger partial charge on any atom is 0.417 e. The van der Waals surface area contributed by atoms with E-state index in [-0.39, 0.29) is 12.1 Å². The van der Waals surface area contributed by atoms with E-state index in [9.17, 15) is 22.8 Å². The number of carbonyl (C=O) groups is 2. The third-order valence-corrected chi connectivity index (χ3v) is 3.78. The van der Waals surface area contributed by atoms with Crippen LogP contribution in [0.25, 0.3) is 0 Å². The van der Waals surface area contributed by atoms with Crippen LogP contribution in [0.1, 0.15) is 11.1 Å². The number of hydrogen-bond donors (Lipinski definition) is 1. The Hall–Kier alpha value is -2.74. The maximum absolute atomic E-state index is 12.8. The molecular weight excluding hydrogens is 387 g/mol. The monoisotopic (exact) mass is 401 g/mol.